The predicted molar refractivity (Wildman–Crippen MR) is 54.3 cm³/mol. The SMILES string of the molecule is O=S(=O)(Cl)c1cccc2oc(Cl)cc12. The van der Waals surface area contributed by atoms with Crippen LogP contribution in [0.15, 0.2) is 33.6 Å². The summed E-state index contributed by atoms with van der Waals surface area (Å²) in [5, 5.41) is 0.528. The van der Waals surface area contributed by atoms with E-state index in [1.54, 1.807) is 6.07 Å². The molecule has 0 spiro atoms. The second kappa shape index (κ2) is 3.15. The Balaban J connectivity index is 2.90. The molecule has 0 saturated carbocycles. The second-order valence-corrected chi connectivity index (χ2v) is 5.56. The average Bonchev–Trinajstić information content (AvgIpc) is 2.41. The summed E-state index contributed by atoms with van der Waals surface area (Å²) in [7, 11) is 1.47. The maximum absolute atomic E-state index is 11.1. The van der Waals surface area contributed by atoms with Crippen molar-refractivity contribution in [1.29, 1.82) is 0 Å². The molecule has 14 heavy (non-hydrogen) atoms. The highest BCUT2D eigenvalue weighted by molar-refractivity contribution is 8.14. The smallest absolute Gasteiger partial charge is 0.262 e. The Bertz CT molecular complexity index is 586. The van der Waals surface area contributed by atoms with Gasteiger partial charge in [0.25, 0.3) is 9.05 Å². The molecule has 0 bridgehead atoms. The first kappa shape index (κ1) is 9.83. The van der Waals surface area contributed by atoms with E-state index in [0.717, 1.165) is 0 Å². The van der Waals surface area contributed by atoms with Crippen molar-refractivity contribution in [1.82, 2.24) is 0 Å². The topological polar surface area (TPSA) is 47.3 Å². The molecule has 74 valence electrons. The van der Waals surface area contributed by atoms with Crippen LogP contribution in [0.3, 0.4) is 0 Å². The molecule has 1 aromatic carbocycles. The van der Waals surface area contributed by atoms with Gasteiger partial charge in [0.15, 0.2) is 5.22 Å². The zero-order valence-electron chi connectivity index (χ0n) is 6.70. The normalized spacial score (nSPS) is 12.1. The highest BCUT2D eigenvalue weighted by Gasteiger charge is 2.16. The maximum atomic E-state index is 11.1. The van der Waals surface area contributed by atoms with Gasteiger partial charge < -0.3 is 4.42 Å². The lowest BCUT2D eigenvalue weighted by Gasteiger charge is -1.95. The Morgan fingerprint density at radius 1 is 1.29 bits per heavy atom. The van der Waals surface area contributed by atoms with Crippen LogP contribution in [0.4, 0.5) is 0 Å². The van der Waals surface area contributed by atoms with Crippen molar-refractivity contribution in [3.63, 3.8) is 0 Å². The zero-order valence-corrected chi connectivity index (χ0v) is 9.03. The first-order valence-electron chi connectivity index (χ1n) is 3.61. The molecule has 2 aromatic rings. The number of hydrogen-bond acceptors (Lipinski definition) is 3. The van der Waals surface area contributed by atoms with Crippen LogP contribution in [0.1, 0.15) is 0 Å². The van der Waals surface area contributed by atoms with Gasteiger partial charge in [-0.2, -0.15) is 0 Å². The molecule has 0 unspecified atom stereocenters. The summed E-state index contributed by atoms with van der Waals surface area (Å²) in [5.41, 5.74) is 0.400. The third-order valence-corrected chi connectivity index (χ3v) is 3.32. The highest BCUT2D eigenvalue weighted by atomic mass is 35.7. The zero-order chi connectivity index (χ0) is 10.3. The molecule has 1 heterocycles. The molecule has 6 heteroatoms. The Morgan fingerprint density at radius 3 is 2.64 bits per heavy atom. The van der Waals surface area contributed by atoms with Crippen LogP contribution in [-0.2, 0) is 9.05 Å². The van der Waals surface area contributed by atoms with Crippen molar-refractivity contribution in [2.24, 2.45) is 0 Å². The lowest BCUT2D eigenvalue weighted by atomic mass is 10.3. The van der Waals surface area contributed by atoms with Crippen molar-refractivity contribution in [3.8, 4) is 0 Å². The van der Waals surface area contributed by atoms with Crippen molar-refractivity contribution in [2.45, 2.75) is 4.90 Å². The molecule has 0 aliphatic rings. The van der Waals surface area contributed by atoms with Crippen LogP contribution < -0.4 is 0 Å². The summed E-state index contributed by atoms with van der Waals surface area (Å²) in [5.74, 6) is 0. The molecule has 1 aromatic heterocycles. The lowest BCUT2D eigenvalue weighted by Crippen LogP contribution is -1.89. The Morgan fingerprint density at radius 2 is 2.00 bits per heavy atom. The summed E-state index contributed by atoms with van der Waals surface area (Å²) < 4.78 is 27.3. The number of hydrogen-bond donors (Lipinski definition) is 0. The average molecular weight is 251 g/mol. The first-order chi connectivity index (χ1) is 6.48. The van der Waals surface area contributed by atoms with E-state index in [1.165, 1.54) is 18.2 Å². The van der Waals surface area contributed by atoms with E-state index >= 15 is 0 Å². The van der Waals surface area contributed by atoms with Crippen LogP contribution in [0.5, 0.6) is 0 Å². The van der Waals surface area contributed by atoms with E-state index < -0.39 is 9.05 Å². The minimum absolute atomic E-state index is 0.00677. The largest absolute Gasteiger partial charge is 0.445 e. The van der Waals surface area contributed by atoms with Crippen LogP contribution in [0, 0.1) is 0 Å². The molecule has 0 N–H and O–H groups in total. The third kappa shape index (κ3) is 1.61. The Kier molecular flexibility index (Phi) is 2.21. The van der Waals surface area contributed by atoms with Gasteiger partial charge in [-0.05, 0) is 23.7 Å². The Hall–Kier alpha value is -0.710. The van der Waals surface area contributed by atoms with Gasteiger partial charge in [0.05, 0.1) is 4.90 Å². The molecule has 0 saturated heterocycles. The molecule has 0 aliphatic carbocycles. The van der Waals surface area contributed by atoms with E-state index in [2.05, 4.69) is 0 Å². The quantitative estimate of drug-likeness (QED) is 0.732. The summed E-state index contributed by atoms with van der Waals surface area (Å²) >= 11 is 5.60. The van der Waals surface area contributed by atoms with E-state index in [0.29, 0.717) is 11.0 Å². The fraction of sp³-hybridized carbons (Fsp3) is 0. The van der Waals surface area contributed by atoms with Gasteiger partial charge in [-0.25, -0.2) is 8.42 Å². The van der Waals surface area contributed by atoms with Crippen molar-refractivity contribution in [3.05, 3.63) is 29.5 Å². The van der Waals surface area contributed by atoms with Gasteiger partial charge in [-0.3, -0.25) is 0 Å². The molecule has 0 amide bonds. The van der Waals surface area contributed by atoms with E-state index in [1.807, 2.05) is 0 Å². The van der Waals surface area contributed by atoms with Gasteiger partial charge in [0, 0.05) is 22.1 Å². The third-order valence-electron chi connectivity index (χ3n) is 1.75. The number of rotatable bonds is 1. The fourth-order valence-electron chi connectivity index (χ4n) is 1.22. The van der Waals surface area contributed by atoms with Crippen molar-refractivity contribution >= 4 is 42.3 Å². The molecule has 2 rings (SSSR count). The summed E-state index contributed by atoms with van der Waals surface area (Å²) in [6.07, 6.45) is 0. The highest BCUT2D eigenvalue weighted by Crippen LogP contribution is 2.30. The standard InChI is InChI=1S/C8H4Cl2O3S/c9-8-4-5-6(13-8)2-1-3-7(5)14(10,11)12/h1-4H. The number of halogens is 2. The van der Waals surface area contributed by atoms with E-state index in [-0.39, 0.29) is 10.1 Å². The molecule has 0 atom stereocenters. The second-order valence-electron chi connectivity index (χ2n) is 2.66. The summed E-state index contributed by atoms with van der Waals surface area (Å²) in [6, 6.07) is 5.98. The molecule has 0 fully saturated rings. The monoisotopic (exact) mass is 250 g/mol. The molecule has 0 radical (unpaired) electrons. The van der Waals surface area contributed by atoms with Crippen LogP contribution in [0.2, 0.25) is 5.22 Å². The van der Waals surface area contributed by atoms with Crippen LogP contribution in [0.25, 0.3) is 11.0 Å². The van der Waals surface area contributed by atoms with Crippen molar-refractivity contribution < 1.29 is 12.8 Å². The molecular weight excluding hydrogens is 247 g/mol. The predicted octanol–water partition coefficient (Wildman–Crippen LogP) is 3.01. The lowest BCUT2D eigenvalue weighted by molar-refractivity contribution is 0.608. The summed E-state index contributed by atoms with van der Waals surface area (Å²) in [6.45, 7) is 0. The van der Waals surface area contributed by atoms with Gasteiger partial charge in [0.2, 0.25) is 0 Å². The van der Waals surface area contributed by atoms with Crippen LogP contribution in [-0.4, -0.2) is 8.42 Å². The minimum atomic E-state index is -3.76. The number of fused-ring (bicyclic) bond motifs is 1. The van der Waals surface area contributed by atoms with Gasteiger partial charge in [-0.15, -0.1) is 0 Å². The van der Waals surface area contributed by atoms with Gasteiger partial charge >= 0.3 is 0 Å². The van der Waals surface area contributed by atoms with Crippen molar-refractivity contribution in [2.75, 3.05) is 0 Å². The molecular formula is C8H4Cl2O3S. The van der Waals surface area contributed by atoms with Gasteiger partial charge in [0.1, 0.15) is 5.58 Å². The number of benzene rings is 1. The minimum Gasteiger partial charge on any atom is -0.445 e. The summed E-state index contributed by atoms with van der Waals surface area (Å²) in [4.78, 5) is 0.00677. The Labute approximate surface area is 89.6 Å². The van der Waals surface area contributed by atoms with Gasteiger partial charge in [-0.1, -0.05) is 6.07 Å². The number of furan rings is 1. The van der Waals surface area contributed by atoms with Crippen LogP contribution >= 0.6 is 22.3 Å². The van der Waals surface area contributed by atoms with E-state index in [4.69, 9.17) is 26.7 Å². The fourth-order valence-corrected chi connectivity index (χ4v) is 2.47. The molecule has 3 nitrogen and oxygen atoms in total. The molecule has 0 aliphatic heterocycles. The first-order valence-corrected chi connectivity index (χ1v) is 6.30. The van der Waals surface area contributed by atoms with E-state index in [9.17, 15) is 8.42 Å². The maximum Gasteiger partial charge on any atom is 0.262 e.